The van der Waals surface area contributed by atoms with E-state index in [2.05, 4.69) is 44.3 Å². The first kappa shape index (κ1) is 10.1. The van der Waals surface area contributed by atoms with Crippen LogP contribution < -0.4 is 11.1 Å². The molecule has 0 amide bonds. The van der Waals surface area contributed by atoms with Crippen LogP contribution in [-0.4, -0.2) is 12.6 Å². The van der Waals surface area contributed by atoms with Crippen LogP contribution in [0.4, 0.5) is 5.69 Å². The van der Waals surface area contributed by atoms with E-state index in [1.54, 1.807) is 0 Å². The third kappa shape index (κ3) is 2.74. The van der Waals surface area contributed by atoms with Crippen LogP contribution in [0.2, 0.25) is 0 Å². The van der Waals surface area contributed by atoms with Crippen molar-refractivity contribution in [2.75, 3.05) is 11.9 Å². The summed E-state index contributed by atoms with van der Waals surface area (Å²) in [7, 11) is 0. The minimum Gasteiger partial charge on any atom is -0.381 e. The van der Waals surface area contributed by atoms with Gasteiger partial charge < -0.3 is 11.1 Å². The first-order chi connectivity index (χ1) is 6.13. The van der Waals surface area contributed by atoms with Gasteiger partial charge in [0, 0.05) is 18.3 Å². The van der Waals surface area contributed by atoms with Crippen molar-refractivity contribution in [3.8, 4) is 0 Å². The van der Waals surface area contributed by atoms with Crippen molar-refractivity contribution in [1.29, 1.82) is 0 Å². The van der Waals surface area contributed by atoms with Gasteiger partial charge in [0.1, 0.15) is 0 Å². The largest absolute Gasteiger partial charge is 0.381 e. The highest BCUT2D eigenvalue weighted by molar-refractivity contribution is 5.52. The van der Waals surface area contributed by atoms with Gasteiger partial charge in [-0.3, -0.25) is 0 Å². The summed E-state index contributed by atoms with van der Waals surface area (Å²) in [5.41, 5.74) is 9.29. The summed E-state index contributed by atoms with van der Waals surface area (Å²) in [5.74, 6) is 0. The fourth-order valence-electron chi connectivity index (χ4n) is 1.30. The smallest absolute Gasteiger partial charge is 0.0372 e. The molecule has 0 bridgehead atoms. The Morgan fingerprint density at radius 1 is 1.38 bits per heavy atom. The third-order valence-corrected chi connectivity index (χ3v) is 2.14. The zero-order valence-electron chi connectivity index (χ0n) is 8.59. The molecule has 0 saturated heterocycles. The van der Waals surface area contributed by atoms with Crippen molar-refractivity contribution < 1.29 is 0 Å². The molecule has 1 rings (SSSR count). The number of rotatable bonds is 3. The van der Waals surface area contributed by atoms with Gasteiger partial charge >= 0.3 is 0 Å². The molecular weight excluding hydrogens is 160 g/mol. The molecule has 0 fully saturated rings. The van der Waals surface area contributed by atoms with Gasteiger partial charge in [-0.15, -0.1) is 0 Å². The lowest BCUT2D eigenvalue weighted by Gasteiger charge is -2.15. The summed E-state index contributed by atoms with van der Waals surface area (Å²) in [6.45, 7) is 6.95. The zero-order valence-corrected chi connectivity index (χ0v) is 8.59. The zero-order chi connectivity index (χ0) is 9.84. The maximum atomic E-state index is 5.54. The number of hydrogen-bond donors (Lipinski definition) is 2. The van der Waals surface area contributed by atoms with Crippen LogP contribution in [0.5, 0.6) is 0 Å². The second kappa shape index (κ2) is 4.28. The highest BCUT2D eigenvalue weighted by atomic mass is 14.9. The topological polar surface area (TPSA) is 38.0 Å². The van der Waals surface area contributed by atoms with Crippen molar-refractivity contribution in [3.63, 3.8) is 0 Å². The first-order valence-electron chi connectivity index (χ1n) is 4.67. The van der Waals surface area contributed by atoms with Crippen molar-refractivity contribution in [2.45, 2.75) is 26.8 Å². The van der Waals surface area contributed by atoms with Crippen LogP contribution in [0.1, 0.15) is 18.1 Å². The van der Waals surface area contributed by atoms with E-state index in [1.165, 1.54) is 16.8 Å². The second-order valence-electron chi connectivity index (χ2n) is 3.60. The number of anilines is 1. The molecule has 0 spiro atoms. The Kier molecular flexibility index (Phi) is 3.32. The SMILES string of the molecule is Cc1ccc(NC(C)CN)c(C)c1. The van der Waals surface area contributed by atoms with Gasteiger partial charge in [-0.2, -0.15) is 0 Å². The molecular formula is C11H18N2. The highest BCUT2D eigenvalue weighted by Gasteiger charge is 2.01. The Balaban J connectivity index is 2.77. The summed E-state index contributed by atoms with van der Waals surface area (Å²) in [6, 6.07) is 6.72. The van der Waals surface area contributed by atoms with E-state index in [0.717, 1.165) is 0 Å². The van der Waals surface area contributed by atoms with Crippen LogP contribution in [0.3, 0.4) is 0 Å². The lowest BCUT2D eigenvalue weighted by atomic mass is 10.1. The lowest BCUT2D eigenvalue weighted by Crippen LogP contribution is -2.25. The number of nitrogens with one attached hydrogen (secondary N) is 1. The van der Waals surface area contributed by atoms with E-state index in [1.807, 2.05) is 0 Å². The van der Waals surface area contributed by atoms with Gasteiger partial charge in [-0.1, -0.05) is 17.7 Å². The number of benzene rings is 1. The molecule has 0 aliphatic rings. The predicted octanol–water partition coefficient (Wildman–Crippen LogP) is 2.06. The van der Waals surface area contributed by atoms with Crippen molar-refractivity contribution >= 4 is 5.69 Å². The van der Waals surface area contributed by atoms with Gasteiger partial charge in [0.05, 0.1) is 0 Å². The summed E-state index contributed by atoms with van der Waals surface area (Å²) in [4.78, 5) is 0. The molecule has 0 saturated carbocycles. The molecule has 1 unspecified atom stereocenters. The summed E-state index contributed by atoms with van der Waals surface area (Å²) < 4.78 is 0. The second-order valence-corrected chi connectivity index (χ2v) is 3.60. The molecule has 0 aliphatic heterocycles. The molecule has 1 atom stereocenters. The van der Waals surface area contributed by atoms with Crippen molar-refractivity contribution in [1.82, 2.24) is 0 Å². The van der Waals surface area contributed by atoms with Gasteiger partial charge in [-0.25, -0.2) is 0 Å². The minimum absolute atomic E-state index is 0.335. The number of aryl methyl sites for hydroxylation is 2. The molecule has 0 radical (unpaired) electrons. The maximum Gasteiger partial charge on any atom is 0.0372 e. The summed E-state index contributed by atoms with van der Waals surface area (Å²) >= 11 is 0. The molecule has 2 nitrogen and oxygen atoms in total. The standard InChI is InChI=1S/C11H18N2/c1-8-4-5-11(9(2)6-8)13-10(3)7-12/h4-6,10,13H,7,12H2,1-3H3. The Morgan fingerprint density at radius 2 is 2.08 bits per heavy atom. The number of hydrogen-bond acceptors (Lipinski definition) is 2. The summed E-state index contributed by atoms with van der Waals surface area (Å²) in [5, 5.41) is 3.36. The van der Waals surface area contributed by atoms with Gasteiger partial charge in [-0.05, 0) is 32.4 Å². The molecule has 1 aromatic carbocycles. The van der Waals surface area contributed by atoms with Crippen molar-refractivity contribution in [2.24, 2.45) is 5.73 Å². The normalized spacial score (nSPS) is 12.6. The Morgan fingerprint density at radius 3 is 2.62 bits per heavy atom. The Hall–Kier alpha value is -1.02. The molecule has 0 aromatic heterocycles. The fraction of sp³-hybridized carbons (Fsp3) is 0.455. The predicted molar refractivity (Wildman–Crippen MR) is 58.1 cm³/mol. The molecule has 3 N–H and O–H groups in total. The lowest BCUT2D eigenvalue weighted by molar-refractivity contribution is 0.803. The van der Waals surface area contributed by atoms with Crippen LogP contribution in [-0.2, 0) is 0 Å². The van der Waals surface area contributed by atoms with Gasteiger partial charge in [0.25, 0.3) is 0 Å². The maximum absolute atomic E-state index is 5.54. The molecule has 1 aromatic rings. The van der Waals surface area contributed by atoms with Crippen LogP contribution in [0, 0.1) is 13.8 Å². The monoisotopic (exact) mass is 178 g/mol. The van der Waals surface area contributed by atoms with E-state index in [4.69, 9.17) is 5.73 Å². The van der Waals surface area contributed by atoms with Gasteiger partial charge in [0.2, 0.25) is 0 Å². The average molecular weight is 178 g/mol. The van der Waals surface area contributed by atoms with E-state index < -0.39 is 0 Å². The van der Waals surface area contributed by atoms with Crippen LogP contribution in [0.25, 0.3) is 0 Å². The number of nitrogens with two attached hydrogens (primary N) is 1. The summed E-state index contributed by atoms with van der Waals surface area (Å²) in [6.07, 6.45) is 0. The molecule has 13 heavy (non-hydrogen) atoms. The van der Waals surface area contributed by atoms with E-state index in [0.29, 0.717) is 12.6 Å². The van der Waals surface area contributed by atoms with E-state index in [9.17, 15) is 0 Å². The van der Waals surface area contributed by atoms with Gasteiger partial charge in [0.15, 0.2) is 0 Å². The quantitative estimate of drug-likeness (QED) is 0.743. The Bertz CT molecular complexity index is 281. The van der Waals surface area contributed by atoms with E-state index >= 15 is 0 Å². The van der Waals surface area contributed by atoms with Crippen LogP contribution >= 0.6 is 0 Å². The highest BCUT2D eigenvalue weighted by Crippen LogP contribution is 2.16. The average Bonchev–Trinajstić information content (AvgIpc) is 2.09. The molecule has 0 heterocycles. The Labute approximate surface area is 80.1 Å². The molecule has 0 aliphatic carbocycles. The third-order valence-electron chi connectivity index (χ3n) is 2.14. The fourth-order valence-corrected chi connectivity index (χ4v) is 1.30. The van der Waals surface area contributed by atoms with E-state index in [-0.39, 0.29) is 0 Å². The van der Waals surface area contributed by atoms with Crippen molar-refractivity contribution in [3.05, 3.63) is 29.3 Å². The van der Waals surface area contributed by atoms with Crippen LogP contribution in [0.15, 0.2) is 18.2 Å². The minimum atomic E-state index is 0.335. The molecule has 2 heteroatoms. The molecule has 72 valence electrons. The first-order valence-corrected chi connectivity index (χ1v) is 4.67.